The second kappa shape index (κ2) is 14.2. The molecule has 0 atom stereocenters. The van der Waals surface area contributed by atoms with Crippen LogP contribution < -0.4 is 0 Å². The van der Waals surface area contributed by atoms with Gasteiger partial charge in [0.25, 0.3) is 0 Å². The van der Waals surface area contributed by atoms with Crippen LogP contribution in [0.4, 0.5) is 0 Å². The highest BCUT2D eigenvalue weighted by Gasteiger charge is 2.22. The van der Waals surface area contributed by atoms with E-state index < -0.39 is 0 Å². The molecule has 3 heterocycles. The van der Waals surface area contributed by atoms with E-state index in [1.165, 1.54) is 0 Å². The average molecular weight is 735 g/mol. The number of benzene rings is 7. The first-order valence-electron chi connectivity index (χ1n) is 18.8. The van der Waals surface area contributed by atoms with Crippen LogP contribution in [0.15, 0.2) is 201 Å². The van der Waals surface area contributed by atoms with E-state index in [4.69, 9.17) is 28.8 Å². The molecule has 0 radical (unpaired) electrons. The normalized spacial score (nSPS) is 12.2. The molecule has 0 saturated carbocycles. The summed E-state index contributed by atoms with van der Waals surface area (Å²) in [5.41, 5.74) is 12.2. The second-order valence-electron chi connectivity index (χ2n) is 13.9. The number of hydrogen-bond donors (Lipinski definition) is 0. The fourth-order valence-corrected chi connectivity index (χ4v) is 7.38. The molecule has 57 heavy (non-hydrogen) atoms. The smallest absolute Gasteiger partial charge is 0.180 e. The Kier molecular flexibility index (Phi) is 8.42. The van der Waals surface area contributed by atoms with Gasteiger partial charge in [0.1, 0.15) is 28.0 Å². The lowest BCUT2D eigenvalue weighted by atomic mass is 10.0. The number of furan rings is 2. The van der Waals surface area contributed by atoms with Crippen LogP contribution in [0.1, 0.15) is 23.6 Å². The van der Waals surface area contributed by atoms with E-state index in [0.717, 1.165) is 72.0 Å². The predicted octanol–water partition coefficient (Wildman–Crippen LogP) is 13.2. The summed E-state index contributed by atoms with van der Waals surface area (Å²) >= 11 is 0. The summed E-state index contributed by atoms with van der Waals surface area (Å²) < 4.78 is 13.0. The Hall–Kier alpha value is -7.70. The molecule has 6 heteroatoms. The van der Waals surface area contributed by atoms with Crippen LogP contribution in [0, 0.1) is 0 Å². The van der Waals surface area contributed by atoms with Crippen LogP contribution in [0.25, 0.3) is 83.5 Å². The van der Waals surface area contributed by atoms with Crippen LogP contribution in [0.5, 0.6) is 0 Å². The Morgan fingerprint density at radius 1 is 0.509 bits per heavy atom. The lowest BCUT2D eigenvalue weighted by Crippen LogP contribution is -2.05. The molecule has 0 aliphatic carbocycles. The minimum atomic E-state index is 0.480. The highest BCUT2D eigenvalue weighted by atomic mass is 16.3. The van der Waals surface area contributed by atoms with Crippen molar-refractivity contribution in [2.45, 2.75) is 6.92 Å². The van der Waals surface area contributed by atoms with Gasteiger partial charge in [-0.3, -0.25) is 0 Å². The van der Waals surface area contributed by atoms with Crippen molar-refractivity contribution in [2.75, 3.05) is 0 Å². The molecule has 270 valence electrons. The summed E-state index contributed by atoms with van der Waals surface area (Å²) in [5.74, 6) is 1.07. The van der Waals surface area contributed by atoms with Gasteiger partial charge in [0, 0.05) is 38.7 Å². The van der Waals surface area contributed by atoms with Crippen molar-refractivity contribution in [1.82, 2.24) is 9.97 Å². The zero-order valence-corrected chi connectivity index (χ0v) is 31.1. The van der Waals surface area contributed by atoms with E-state index in [-0.39, 0.29) is 0 Å². The highest BCUT2D eigenvalue weighted by molar-refractivity contribution is 6.22. The molecule has 7 aromatic carbocycles. The molecule has 10 aromatic rings. The van der Waals surface area contributed by atoms with Gasteiger partial charge in [0.05, 0.1) is 11.1 Å². The number of aliphatic imine (C=N–C) groups is 2. The summed E-state index contributed by atoms with van der Waals surface area (Å²) in [7, 11) is 0. The zero-order valence-electron chi connectivity index (χ0n) is 31.1. The molecule has 0 bridgehead atoms. The third-order valence-electron chi connectivity index (χ3n) is 10.3. The summed E-state index contributed by atoms with van der Waals surface area (Å²) in [5, 5.41) is 2.90. The third-order valence-corrected chi connectivity index (χ3v) is 10.3. The van der Waals surface area contributed by atoms with Gasteiger partial charge in [-0.05, 0) is 47.9 Å². The predicted molar refractivity (Wildman–Crippen MR) is 234 cm³/mol. The van der Waals surface area contributed by atoms with Gasteiger partial charge < -0.3 is 8.83 Å². The van der Waals surface area contributed by atoms with E-state index in [1.807, 2.05) is 134 Å². The molecule has 0 unspecified atom stereocenters. The Labute approximate surface area is 328 Å². The summed E-state index contributed by atoms with van der Waals surface area (Å²) in [4.78, 5) is 20.8. The first-order valence-corrected chi connectivity index (χ1v) is 18.8. The quantitative estimate of drug-likeness (QED) is 0.121. The molecule has 0 saturated heterocycles. The van der Waals surface area contributed by atoms with Gasteiger partial charge in [-0.2, -0.15) is 0 Å². The Morgan fingerprint density at radius 3 is 1.91 bits per heavy atom. The number of hydrogen-bond acceptors (Lipinski definition) is 5. The molecule has 10 rings (SSSR count). The SMILES string of the molecule is C=C(N=C(N=C(C)c1ccccc1)c1cccc2oc3c(-c4ccc(-c5ccccc5)cc4)nc(-c4ccccc4)nc3c12)c1ccc2c(c1)oc1ccccc12. The number of amidine groups is 1. The summed E-state index contributed by atoms with van der Waals surface area (Å²) in [6.07, 6.45) is 0. The molecule has 0 N–H and O–H groups in total. The van der Waals surface area contributed by atoms with Crippen molar-refractivity contribution < 1.29 is 8.83 Å². The van der Waals surface area contributed by atoms with Crippen molar-refractivity contribution in [3.63, 3.8) is 0 Å². The van der Waals surface area contributed by atoms with E-state index in [2.05, 4.69) is 55.1 Å². The van der Waals surface area contributed by atoms with Crippen LogP contribution in [-0.2, 0) is 0 Å². The molecule has 0 aliphatic rings. The van der Waals surface area contributed by atoms with E-state index in [9.17, 15) is 0 Å². The molecule has 0 fully saturated rings. The molecule has 0 aliphatic heterocycles. The van der Waals surface area contributed by atoms with Crippen molar-refractivity contribution in [2.24, 2.45) is 9.98 Å². The number of rotatable bonds is 7. The van der Waals surface area contributed by atoms with Gasteiger partial charge in [-0.15, -0.1) is 0 Å². The Balaban J connectivity index is 1.18. The minimum absolute atomic E-state index is 0.480. The first-order chi connectivity index (χ1) is 28.1. The van der Waals surface area contributed by atoms with E-state index in [0.29, 0.717) is 39.7 Å². The molecule has 6 nitrogen and oxygen atoms in total. The highest BCUT2D eigenvalue weighted by Crippen LogP contribution is 2.39. The molecule has 0 amide bonds. The Bertz CT molecular complexity index is 3180. The number of fused-ring (bicyclic) bond motifs is 6. The third kappa shape index (κ3) is 6.29. The Morgan fingerprint density at radius 2 is 1.14 bits per heavy atom. The average Bonchev–Trinajstić information content (AvgIpc) is 3.85. The van der Waals surface area contributed by atoms with Gasteiger partial charge in [-0.1, -0.05) is 158 Å². The van der Waals surface area contributed by atoms with E-state index >= 15 is 0 Å². The zero-order chi connectivity index (χ0) is 38.3. The maximum Gasteiger partial charge on any atom is 0.180 e. The molecule has 0 spiro atoms. The number of aromatic nitrogens is 2. The van der Waals surface area contributed by atoms with Crippen LogP contribution in [-0.4, -0.2) is 21.5 Å². The molecular formula is C51H34N4O2. The van der Waals surface area contributed by atoms with Gasteiger partial charge in [-0.25, -0.2) is 20.0 Å². The van der Waals surface area contributed by atoms with Crippen molar-refractivity contribution in [1.29, 1.82) is 0 Å². The maximum atomic E-state index is 6.73. The standard InChI is InChI=1S/C51H34N4O2/c1-32(34-15-6-3-7-16-34)52-51(53-33(2)39-29-30-41-40-21-12-13-23-43(40)56-45(41)31-39)42-22-14-24-44-46(42)48-49(57-44)47(54-50(55-48)38-19-10-5-11-20-38)37-27-25-36(26-28-37)35-17-8-4-9-18-35/h3-31H,2H2,1H3. The molecule has 3 aromatic heterocycles. The van der Waals surface area contributed by atoms with E-state index in [1.54, 1.807) is 0 Å². The van der Waals surface area contributed by atoms with Crippen LogP contribution >= 0.6 is 0 Å². The van der Waals surface area contributed by atoms with Gasteiger partial charge in [0.2, 0.25) is 0 Å². The topological polar surface area (TPSA) is 76.8 Å². The van der Waals surface area contributed by atoms with Crippen LogP contribution in [0.3, 0.4) is 0 Å². The van der Waals surface area contributed by atoms with Gasteiger partial charge >= 0.3 is 0 Å². The number of para-hydroxylation sites is 1. The first kappa shape index (κ1) is 33.8. The van der Waals surface area contributed by atoms with Crippen molar-refractivity contribution >= 4 is 61.3 Å². The second-order valence-corrected chi connectivity index (χ2v) is 13.9. The largest absolute Gasteiger partial charge is 0.456 e. The van der Waals surface area contributed by atoms with Crippen molar-refractivity contribution in [3.05, 3.63) is 199 Å². The van der Waals surface area contributed by atoms with Crippen molar-refractivity contribution in [3.8, 4) is 33.8 Å². The fraction of sp³-hybridized carbons (Fsp3) is 0.0196. The van der Waals surface area contributed by atoms with Gasteiger partial charge in [0.15, 0.2) is 17.2 Å². The molecular weight excluding hydrogens is 701 g/mol. The minimum Gasteiger partial charge on any atom is -0.456 e. The lowest BCUT2D eigenvalue weighted by molar-refractivity contribution is 0.667. The summed E-state index contributed by atoms with van der Waals surface area (Å²) in [6.45, 7) is 6.44. The monoisotopic (exact) mass is 734 g/mol. The summed E-state index contributed by atoms with van der Waals surface area (Å²) in [6, 6.07) is 59.0. The number of nitrogens with zero attached hydrogens (tertiary/aromatic N) is 4. The fourth-order valence-electron chi connectivity index (χ4n) is 7.38. The maximum absolute atomic E-state index is 6.73. The lowest BCUT2D eigenvalue weighted by Gasteiger charge is -2.09. The van der Waals surface area contributed by atoms with Crippen LogP contribution in [0.2, 0.25) is 0 Å².